The third-order valence-electron chi connectivity index (χ3n) is 0. The van der Waals surface area contributed by atoms with E-state index in [-0.39, 0.29) is 67.4 Å². The average molecular weight is 275 g/mol. The van der Waals surface area contributed by atoms with Crippen molar-refractivity contribution in [3.05, 3.63) is 0 Å². The van der Waals surface area contributed by atoms with Crippen molar-refractivity contribution < 1.29 is 33.6 Å². The summed E-state index contributed by atoms with van der Waals surface area (Å²) < 4.78 is 0. The van der Waals surface area contributed by atoms with Crippen molar-refractivity contribution in [3.8, 4) is 0 Å². The quantitative estimate of drug-likeness (QED) is 0.419. The predicted octanol–water partition coefficient (Wildman–Crippen LogP) is -0.328. The van der Waals surface area contributed by atoms with E-state index in [4.69, 9.17) is 0 Å². The molecule has 1 atom stereocenters. The fraction of sp³-hybridized carbons (Fsp3) is 0. The van der Waals surface area contributed by atoms with Crippen molar-refractivity contribution in [1.82, 2.24) is 0 Å². The van der Waals surface area contributed by atoms with Gasteiger partial charge in [-0.1, -0.05) is 0 Å². The zero-order valence-electron chi connectivity index (χ0n) is 1.82. The summed E-state index contributed by atoms with van der Waals surface area (Å²) >= 11 is 0. The molecule has 0 bridgehead atoms. The van der Waals surface area contributed by atoms with E-state index < -0.39 is 0 Å². The van der Waals surface area contributed by atoms with Crippen LogP contribution in [0.25, 0.3) is 0 Å². The first-order chi connectivity index (χ1) is 0. The Morgan fingerprint density at radius 2 is 1.00 bits per heavy atom. The number of rotatable bonds is 0. The normalized spacial score (nSPS) is 0. The van der Waals surface area contributed by atoms with E-state index in [9.17, 15) is 0 Å². The van der Waals surface area contributed by atoms with Gasteiger partial charge in [0.25, 0.3) is 0 Å². The molecular weight excluding hydrogens is 272 g/mol. The van der Waals surface area contributed by atoms with Crippen LogP contribution in [0.15, 0.2) is 0 Å². The summed E-state index contributed by atoms with van der Waals surface area (Å²) in [5.41, 5.74) is 0. The van der Waals surface area contributed by atoms with Crippen LogP contribution in [0.2, 0.25) is 0 Å². The minimum absolute atomic E-state index is 0. The molecule has 0 fully saturated rings. The van der Waals surface area contributed by atoms with Crippen molar-refractivity contribution in [2.45, 2.75) is 0 Å². The molecule has 5 radical (unpaired) electrons. The molecular formula is H3CuNiPSn. The third-order valence-corrected chi connectivity index (χ3v) is 0. The topological polar surface area (TPSA) is 0 Å². The summed E-state index contributed by atoms with van der Waals surface area (Å²) in [4.78, 5) is 0. The van der Waals surface area contributed by atoms with Crippen LogP contribution in [0.1, 0.15) is 0 Å². The first-order valence-electron chi connectivity index (χ1n) is 0. The second-order valence-corrected chi connectivity index (χ2v) is 0. The van der Waals surface area contributed by atoms with Crippen LogP contribution in [0.5, 0.6) is 0 Å². The SMILES string of the molecule is P.[Cu].[Ni].[Sn]. The van der Waals surface area contributed by atoms with Crippen molar-refractivity contribution in [1.29, 1.82) is 0 Å². The van der Waals surface area contributed by atoms with Gasteiger partial charge in [-0.05, 0) is 0 Å². The van der Waals surface area contributed by atoms with Gasteiger partial charge < -0.3 is 0 Å². The van der Waals surface area contributed by atoms with Crippen LogP contribution < -0.4 is 0 Å². The zero-order valence-corrected chi connectivity index (χ0v) is 8.02. The molecule has 0 nitrogen and oxygen atoms in total. The molecule has 4 heavy (non-hydrogen) atoms. The van der Waals surface area contributed by atoms with Crippen molar-refractivity contribution in [2.75, 3.05) is 0 Å². The van der Waals surface area contributed by atoms with Crippen LogP contribution in [-0.2, 0) is 33.6 Å². The van der Waals surface area contributed by atoms with Crippen LogP contribution >= 0.6 is 9.90 Å². The summed E-state index contributed by atoms with van der Waals surface area (Å²) in [7, 11) is 0. The summed E-state index contributed by atoms with van der Waals surface area (Å²) in [5.74, 6) is 0. The fourth-order valence-electron chi connectivity index (χ4n) is 0. The molecule has 0 aliphatic carbocycles. The van der Waals surface area contributed by atoms with E-state index in [1.165, 1.54) is 0 Å². The fourth-order valence-corrected chi connectivity index (χ4v) is 0. The zero-order chi connectivity index (χ0) is 0. The van der Waals surface area contributed by atoms with Gasteiger partial charge in [-0.15, -0.1) is 0 Å². The Morgan fingerprint density at radius 3 is 1.00 bits per heavy atom. The van der Waals surface area contributed by atoms with Crippen molar-refractivity contribution in [2.24, 2.45) is 0 Å². The Balaban J connectivity index is 0. The molecule has 0 aliphatic heterocycles. The smallest absolute Gasteiger partial charge is 0 e. The second-order valence-electron chi connectivity index (χ2n) is 0. The summed E-state index contributed by atoms with van der Waals surface area (Å²) in [6, 6.07) is 0. The molecule has 0 aromatic rings. The van der Waals surface area contributed by atoms with E-state index >= 15 is 0 Å². The molecule has 0 rings (SSSR count). The van der Waals surface area contributed by atoms with Crippen molar-refractivity contribution in [3.63, 3.8) is 0 Å². The Bertz CT molecular complexity index is 8.00. The maximum atomic E-state index is 0. The van der Waals surface area contributed by atoms with Crippen LogP contribution in [0, 0.1) is 0 Å². The molecule has 0 saturated carbocycles. The first kappa shape index (κ1) is 34.1. The Labute approximate surface area is 66.8 Å². The van der Waals surface area contributed by atoms with Gasteiger partial charge in [-0.2, -0.15) is 9.90 Å². The molecule has 0 saturated heterocycles. The molecule has 0 aromatic heterocycles. The Morgan fingerprint density at radius 1 is 1.00 bits per heavy atom. The number of hydrogen-bond acceptors (Lipinski definition) is 0. The minimum atomic E-state index is 0. The Hall–Kier alpha value is 2.24. The molecule has 1 unspecified atom stereocenters. The molecule has 0 aliphatic rings. The standard InChI is InChI=1S/Cu.Ni.H3P.Sn/h;;1H3;. The largest absolute Gasteiger partial charge is 0.153 e. The molecule has 0 spiro atoms. The minimum Gasteiger partial charge on any atom is -0.153 e. The van der Waals surface area contributed by atoms with Gasteiger partial charge in [0, 0.05) is 57.5 Å². The van der Waals surface area contributed by atoms with Gasteiger partial charge >= 0.3 is 0 Å². The van der Waals surface area contributed by atoms with E-state index in [2.05, 4.69) is 0 Å². The van der Waals surface area contributed by atoms with Crippen LogP contribution in [0.4, 0.5) is 0 Å². The van der Waals surface area contributed by atoms with Crippen molar-refractivity contribution >= 4 is 33.8 Å². The third kappa shape index (κ3) is 8.87. The van der Waals surface area contributed by atoms with Crippen LogP contribution in [-0.4, -0.2) is 23.9 Å². The number of hydrogen-bond donors (Lipinski definition) is 0. The first-order valence-corrected chi connectivity index (χ1v) is 0. The molecule has 0 aromatic carbocycles. The van der Waals surface area contributed by atoms with E-state index in [0.29, 0.717) is 0 Å². The van der Waals surface area contributed by atoms with Gasteiger partial charge in [0.2, 0.25) is 0 Å². The molecule has 33 valence electrons. The van der Waals surface area contributed by atoms with E-state index in [1.807, 2.05) is 0 Å². The molecule has 0 heterocycles. The monoisotopic (exact) mass is 275 g/mol. The second kappa shape index (κ2) is 18.8. The summed E-state index contributed by atoms with van der Waals surface area (Å²) in [6.45, 7) is 0. The van der Waals surface area contributed by atoms with Gasteiger partial charge in [0.05, 0.1) is 0 Å². The Kier molecular flexibility index (Phi) is 160. The van der Waals surface area contributed by atoms with Crippen LogP contribution in [0.3, 0.4) is 0 Å². The van der Waals surface area contributed by atoms with Gasteiger partial charge in [0.15, 0.2) is 0 Å². The van der Waals surface area contributed by atoms with Gasteiger partial charge in [-0.3, -0.25) is 0 Å². The molecule has 4 heteroatoms. The van der Waals surface area contributed by atoms with Gasteiger partial charge in [0.1, 0.15) is 0 Å². The average Bonchev–Trinajstić information content (AvgIpc) is 0. The molecule has 0 amide bonds. The maximum Gasteiger partial charge on any atom is 0 e. The van der Waals surface area contributed by atoms with E-state index in [0.717, 1.165) is 0 Å². The molecule has 0 N–H and O–H groups in total. The van der Waals surface area contributed by atoms with Gasteiger partial charge in [-0.25, -0.2) is 0 Å². The summed E-state index contributed by atoms with van der Waals surface area (Å²) in [6.07, 6.45) is 0. The van der Waals surface area contributed by atoms with E-state index in [1.54, 1.807) is 0 Å². The predicted molar refractivity (Wildman–Crippen MR) is 16.9 cm³/mol. The summed E-state index contributed by atoms with van der Waals surface area (Å²) in [5, 5.41) is 0. The maximum absolute atomic E-state index is 0.